The Hall–Kier alpha value is -12.5. The summed E-state index contributed by atoms with van der Waals surface area (Å²) in [5.41, 5.74) is 11.5. The molecule has 9 N–H and O–H groups in total. The molecule has 8 rings (SSSR count). The first kappa shape index (κ1) is 87.1. The van der Waals surface area contributed by atoms with E-state index in [1.165, 1.54) is 12.5 Å². The average Bonchev–Trinajstić information content (AvgIpc) is 0.848. The smallest absolute Gasteiger partial charge is 0.251 e. The van der Waals surface area contributed by atoms with Gasteiger partial charge in [0.1, 0.15) is 70.3 Å². The number of hydrogen-bond donors (Lipinski definition) is 9. The minimum absolute atomic E-state index is 0. The Labute approximate surface area is 649 Å². The fourth-order valence-electron chi connectivity index (χ4n) is 10.9. The highest BCUT2D eigenvalue weighted by Crippen LogP contribution is 2.34. The molecule has 0 saturated heterocycles. The summed E-state index contributed by atoms with van der Waals surface area (Å²) in [4.78, 5) is 84.5. The Bertz CT molecular complexity index is 4690. The van der Waals surface area contributed by atoms with Gasteiger partial charge in [-0.3, -0.25) is 19.2 Å². The van der Waals surface area contributed by atoms with Crippen LogP contribution in [0.4, 0.5) is 69.3 Å². The van der Waals surface area contributed by atoms with E-state index in [9.17, 15) is 40.2 Å². The molecule has 0 aliphatic rings. The van der Waals surface area contributed by atoms with Crippen LogP contribution in [0.1, 0.15) is 187 Å². The average molecular weight is 1490 g/mol. The van der Waals surface area contributed by atoms with Gasteiger partial charge in [0, 0.05) is 139 Å². The summed E-state index contributed by atoms with van der Waals surface area (Å²) >= 11 is 0. The maximum absolute atomic E-state index is 12.0. The van der Waals surface area contributed by atoms with Crippen LogP contribution >= 0.6 is 0 Å². The zero-order valence-electron chi connectivity index (χ0n) is 67.7. The quantitative estimate of drug-likeness (QED) is 0.0323. The van der Waals surface area contributed by atoms with Crippen molar-refractivity contribution in [2.24, 2.45) is 21.7 Å². The van der Waals surface area contributed by atoms with Crippen LogP contribution in [0.3, 0.4) is 0 Å². The van der Waals surface area contributed by atoms with Gasteiger partial charge < -0.3 is 62.6 Å². The molecule has 0 fully saturated rings. The van der Waals surface area contributed by atoms with E-state index in [1.807, 2.05) is 95.9 Å². The summed E-state index contributed by atoms with van der Waals surface area (Å²) in [7, 11) is 12.2. The fraction of sp³-hybridized carbons (Fsp3) is 0.402. The zero-order chi connectivity index (χ0) is 81.5. The Morgan fingerprint density at radius 2 is 0.817 bits per heavy atom. The molecule has 0 aliphatic heterocycles. The van der Waals surface area contributed by atoms with Crippen LogP contribution in [0.15, 0.2) is 97.6 Å². The third-order valence-corrected chi connectivity index (χ3v) is 16.2. The molecule has 4 aromatic heterocycles. The molecule has 0 aliphatic carbocycles. The number of nitrogens with one attached hydrogen (secondary N) is 9. The van der Waals surface area contributed by atoms with Crippen molar-refractivity contribution in [2.45, 2.75) is 124 Å². The number of carbonyl (C=O) groups excluding carboxylic acids is 4. The van der Waals surface area contributed by atoms with Crippen molar-refractivity contribution in [3.05, 3.63) is 170 Å². The van der Waals surface area contributed by atoms with E-state index >= 15 is 0 Å². The van der Waals surface area contributed by atoms with Gasteiger partial charge in [-0.25, -0.2) is 29.9 Å². The molecule has 0 radical (unpaired) electrons. The minimum Gasteiger partial charge on any atom is -0.373 e. The second-order valence-corrected chi connectivity index (χ2v) is 31.0. The van der Waals surface area contributed by atoms with Crippen LogP contribution in [0.5, 0.6) is 0 Å². The molecule has 27 nitrogen and oxygen atoms in total. The molecule has 109 heavy (non-hydrogen) atoms. The van der Waals surface area contributed by atoms with Gasteiger partial charge in [-0.15, -0.1) is 0 Å². The number of benzene rings is 4. The highest BCUT2D eigenvalue weighted by molar-refractivity contribution is 5.97. The van der Waals surface area contributed by atoms with E-state index in [-0.39, 0.29) is 51.0 Å². The van der Waals surface area contributed by atoms with Crippen LogP contribution in [-0.2, 0) is 6.42 Å². The van der Waals surface area contributed by atoms with Gasteiger partial charge in [-0.1, -0.05) is 114 Å². The number of aryl methyl sites for hydroxylation is 5. The molecule has 27 heteroatoms. The van der Waals surface area contributed by atoms with E-state index in [4.69, 9.17) is 0 Å². The van der Waals surface area contributed by atoms with Gasteiger partial charge in [0.15, 0.2) is 23.3 Å². The van der Waals surface area contributed by atoms with Gasteiger partial charge in [0.05, 0.1) is 11.9 Å². The van der Waals surface area contributed by atoms with Crippen molar-refractivity contribution < 1.29 is 24.9 Å². The summed E-state index contributed by atoms with van der Waals surface area (Å²) in [5, 5.41) is 65.1. The summed E-state index contributed by atoms with van der Waals surface area (Å²) in [6.45, 7) is 38.3. The lowest BCUT2D eigenvalue weighted by atomic mass is 9.96. The standard InChI is InChI=1S/C22H30N6O.C21H27N5O.C20H26N6O.C19H24N6O.4H2/c1-8-18-26-19(16(12-23)20(27-18)28(7)13-22(3,4)5)25-17-11-15(21(29)24-6)10-9-14(17)2;1-14-7-8-15(20(27)23-5)11-17(14)25-19-16(12-22)18(9-10-24-19)26(6)13-21(2,3)4;1-13-7-8-14(18(27)22-5)9-16(13)24-17-15(10-21)11-23-19(25-17)26(6)12-20(2,3)4;1-12-6-7-13(18(26)21-5)8-15(12)25-17-14(9-20)16(23-11-24-17)22-10-19(2,3)4;;;;/h9-11H,8,13H2,1-7H3,(H,24,29)(H,25,26,27);7-11H,13H2,1-6H3,(H,23,27)(H,24,25);7-9,11H,12H2,1-6H3,(H,22,27)(H,23,24,25);6-8,11H,10H2,1-5H3,(H,21,26)(H2,22,23,24,25);4*1H. The topological polar surface area (TPSA) is 372 Å². The summed E-state index contributed by atoms with van der Waals surface area (Å²) < 4.78 is 0. The monoisotopic (exact) mass is 1490 g/mol. The largest absolute Gasteiger partial charge is 0.373 e. The second-order valence-electron chi connectivity index (χ2n) is 31.0. The van der Waals surface area contributed by atoms with Gasteiger partial charge >= 0.3 is 0 Å². The third-order valence-electron chi connectivity index (χ3n) is 16.2. The lowest BCUT2D eigenvalue weighted by Crippen LogP contribution is -2.31. The number of anilines is 12. The number of nitrogens with zero attached hydrogens (tertiary/aromatic N) is 14. The van der Waals surface area contributed by atoms with Crippen molar-refractivity contribution in [1.82, 2.24) is 56.2 Å². The van der Waals surface area contributed by atoms with Crippen LogP contribution < -0.4 is 62.6 Å². The van der Waals surface area contributed by atoms with Crippen molar-refractivity contribution in [2.75, 3.05) is 117 Å². The lowest BCUT2D eigenvalue weighted by molar-refractivity contribution is 0.0955. The van der Waals surface area contributed by atoms with Gasteiger partial charge in [0.25, 0.3) is 23.6 Å². The van der Waals surface area contributed by atoms with Crippen LogP contribution in [0, 0.1) is 94.7 Å². The number of nitriles is 4. The molecule has 582 valence electrons. The molecular weight excluding hydrogens is 1370 g/mol. The van der Waals surface area contributed by atoms with Crippen LogP contribution in [0.25, 0.3) is 0 Å². The Balaban J connectivity index is 0.000000745. The van der Waals surface area contributed by atoms with Gasteiger partial charge in [-0.05, 0) is 126 Å². The molecule has 4 amide bonds. The molecule has 4 aromatic carbocycles. The third kappa shape index (κ3) is 25.9. The molecular formula is C82H115N23O4. The van der Waals surface area contributed by atoms with Crippen molar-refractivity contribution in [1.29, 1.82) is 21.0 Å². The molecule has 8 aromatic rings. The summed E-state index contributed by atoms with van der Waals surface area (Å²) in [6, 6.07) is 32.2. The first-order valence-corrected chi connectivity index (χ1v) is 35.6. The normalized spacial score (nSPS) is 10.9. The predicted octanol–water partition coefficient (Wildman–Crippen LogP) is 15.1. The lowest BCUT2D eigenvalue weighted by Gasteiger charge is -2.29. The van der Waals surface area contributed by atoms with Crippen molar-refractivity contribution >= 4 is 92.9 Å². The molecule has 0 bridgehead atoms. The predicted molar refractivity (Wildman–Crippen MR) is 445 cm³/mol. The summed E-state index contributed by atoms with van der Waals surface area (Å²) in [6.07, 6.45) is 5.26. The maximum Gasteiger partial charge on any atom is 0.251 e. The highest BCUT2D eigenvalue weighted by Gasteiger charge is 2.25. The first-order valence-electron chi connectivity index (χ1n) is 35.6. The number of rotatable bonds is 21. The summed E-state index contributed by atoms with van der Waals surface area (Å²) in [5.74, 6) is 3.35. The zero-order valence-corrected chi connectivity index (χ0v) is 67.7. The molecule has 4 heterocycles. The molecule has 0 spiro atoms. The first-order chi connectivity index (χ1) is 51.1. The van der Waals surface area contributed by atoms with Crippen molar-refractivity contribution in [3.8, 4) is 24.3 Å². The van der Waals surface area contributed by atoms with Gasteiger partial charge in [0.2, 0.25) is 5.95 Å². The minimum atomic E-state index is -0.177. The van der Waals surface area contributed by atoms with E-state index in [0.29, 0.717) is 110 Å². The van der Waals surface area contributed by atoms with E-state index in [2.05, 4.69) is 195 Å². The fourth-order valence-corrected chi connectivity index (χ4v) is 10.9. The van der Waals surface area contributed by atoms with Crippen LogP contribution in [0.2, 0.25) is 0 Å². The molecule has 0 atom stereocenters. The SMILES string of the molecule is CCc1nc(Nc2cc(C(=O)NC)ccc2C)c(C#N)c(N(C)CC(C)(C)C)n1.CNC(=O)c1ccc(C)c(Nc2nc(N(C)CC(C)(C)C)ncc2C#N)c1.CNC(=O)c1ccc(C)c(Nc2nccc(N(C)CC(C)(C)C)c2C#N)c1.CNC(=O)c1ccc(C)c(Nc2ncnc(NCC(C)(C)C)c2C#N)c1.[HH].[HH].[HH].[HH]. The number of amides is 4. The number of pyridine rings is 1. The van der Waals surface area contributed by atoms with E-state index in [1.54, 1.807) is 82.9 Å². The van der Waals surface area contributed by atoms with E-state index < -0.39 is 0 Å². The Morgan fingerprint density at radius 1 is 0.431 bits per heavy atom. The number of aromatic nitrogens is 7. The number of carbonyl (C=O) groups is 4. The maximum atomic E-state index is 12.0. The Kier molecular flexibility index (Phi) is 30.9. The van der Waals surface area contributed by atoms with E-state index in [0.717, 1.165) is 64.6 Å². The second kappa shape index (κ2) is 38.7. The highest BCUT2D eigenvalue weighted by atomic mass is 16.2. The van der Waals surface area contributed by atoms with Gasteiger partial charge in [-0.2, -0.15) is 26.0 Å². The number of hydrogen-bond acceptors (Lipinski definition) is 23. The Morgan fingerprint density at radius 3 is 1.20 bits per heavy atom. The van der Waals surface area contributed by atoms with Crippen molar-refractivity contribution in [3.63, 3.8) is 0 Å². The molecule has 0 unspecified atom stereocenters. The molecule has 0 saturated carbocycles. The van der Waals surface area contributed by atoms with Crippen LogP contribution in [-0.4, -0.2) is 134 Å².